The number of hydrogen-bond donors (Lipinski definition) is 1. The molecular formula is C12H9NO3S. The molecule has 3 aromatic rings. The van der Waals surface area contributed by atoms with Gasteiger partial charge in [0.05, 0.1) is 17.9 Å². The molecule has 0 fully saturated rings. The second-order valence-electron chi connectivity index (χ2n) is 3.64. The van der Waals surface area contributed by atoms with E-state index in [2.05, 4.69) is 0 Å². The maximum Gasteiger partial charge on any atom is 0.198 e. The quantitative estimate of drug-likeness (QED) is 0.672. The van der Waals surface area contributed by atoms with Crippen molar-refractivity contribution in [2.45, 2.75) is 0 Å². The Bertz CT molecular complexity index is 772. The van der Waals surface area contributed by atoms with E-state index in [4.69, 9.17) is 4.74 Å². The Labute approximate surface area is 100 Å². The van der Waals surface area contributed by atoms with Crippen LogP contribution >= 0.6 is 11.3 Å². The first-order valence-electron chi connectivity index (χ1n) is 5.02. The Morgan fingerprint density at radius 2 is 2.12 bits per heavy atom. The summed E-state index contributed by atoms with van der Waals surface area (Å²) in [6.07, 6.45) is 0. The average molecular weight is 247 g/mol. The van der Waals surface area contributed by atoms with Crippen LogP contribution in [0.3, 0.4) is 0 Å². The largest absolute Gasteiger partial charge is 0.494 e. The average Bonchev–Trinajstić information content (AvgIpc) is 2.84. The lowest BCUT2D eigenvalue weighted by molar-refractivity contribution is 0.211. The molecule has 1 aromatic carbocycles. The van der Waals surface area contributed by atoms with Gasteiger partial charge in [0.2, 0.25) is 0 Å². The minimum atomic E-state index is -0.0829. The summed E-state index contributed by atoms with van der Waals surface area (Å²) in [6.45, 7) is 0. The van der Waals surface area contributed by atoms with Crippen molar-refractivity contribution in [3.8, 4) is 5.75 Å². The zero-order chi connectivity index (χ0) is 12.0. The standard InChI is InChI=1S/C12H9NO3S/c1-16-9-4-2-3-7-10(9)13(15)12-8(11(7)14)5-6-17-12/h2-6,15H,1H3. The summed E-state index contributed by atoms with van der Waals surface area (Å²) in [5, 5.41) is 12.9. The van der Waals surface area contributed by atoms with Gasteiger partial charge in [-0.15, -0.1) is 11.3 Å². The van der Waals surface area contributed by atoms with Crippen molar-refractivity contribution >= 4 is 32.5 Å². The van der Waals surface area contributed by atoms with Gasteiger partial charge in [-0.3, -0.25) is 4.79 Å². The van der Waals surface area contributed by atoms with Crippen molar-refractivity contribution in [1.82, 2.24) is 4.73 Å². The van der Waals surface area contributed by atoms with Crippen LogP contribution in [0.2, 0.25) is 0 Å². The molecule has 3 rings (SSSR count). The number of para-hydroxylation sites is 1. The molecule has 0 amide bonds. The fourth-order valence-electron chi connectivity index (χ4n) is 1.97. The van der Waals surface area contributed by atoms with Crippen LogP contribution in [0.1, 0.15) is 0 Å². The first-order valence-corrected chi connectivity index (χ1v) is 5.90. The van der Waals surface area contributed by atoms with Crippen LogP contribution in [0.25, 0.3) is 21.1 Å². The van der Waals surface area contributed by atoms with Gasteiger partial charge < -0.3 is 9.94 Å². The third kappa shape index (κ3) is 1.26. The number of pyridine rings is 1. The molecule has 17 heavy (non-hydrogen) atoms. The molecule has 0 atom stereocenters. The minimum absolute atomic E-state index is 0.0829. The van der Waals surface area contributed by atoms with Crippen molar-refractivity contribution < 1.29 is 9.94 Å². The van der Waals surface area contributed by atoms with Gasteiger partial charge in [0, 0.05) is 0 Å². The van der Waals surface area contributed by atoms with E-state index < -0.39 is 0 Å². The Kier molecular flexibility index (Phi) is 2.09. The zero-order valence-electron chi connectivity index (χ0n) is 9.01. The monoisotopic (exact) mass is 247 g/mol. The zero-order valence-corrected chi connectivity index (χ0v) is 9.82. The van der Waals surface area contributed by atoms with E-state index in [1.807, 2.05) is 0 Å². The summed E-state index contributed by atoms with van der Waals surface area (Å²) in [6, 6.07) is 6.85. The smallest absolute Gasteiger partial charge is 0.198 e. The molecule has 2 heterocycles. The molecule has 0 bridgehead atoms. The van der Waals surface area contributed by atoms with Crippen molar-refractivity contribution in [2.75, 3.05) is 7.11 Å². The van der Waals surface area contributed by atoms with E-state index in [1.54, 1.807) is 29.6 Å². The number of methoxy groups -OCH3 is 1. The normalized spacial score (nSPS) is 11.1. The second kappa shape index (κ2) is 3.49. The topological polar surface area (TPSA) is 51.5 Å². The van der Waals surface area contributed by atoms with Gasteiger partial charge in [-0.25, -0.2) is 0 Å². The highest BCUT2D eigenvalue weighted by atomic mass is 32.1. The van der Waals surface area contributed by atoms with Gasteiger partial charge in [0.15, 0.2) is 5.43 Å². The molecule has 0 spiro atoms. The Morgan fingerprint density at radius 3 is 2.88 bits per heavy atom. The predicted octanol–water partition coefficient (Wildman–Crippen LogP) is 2.46. The summed E-state index contributed by atoms with van der Waals surface area (Å²) in [5.74, 6) is 0.484. The van der Waals surface area contributed by atoms with Gasteiger partial charge in [-0.1, -0.05) is 6.07 Å². The van der Waals surface area contributed by atoms with Crippen molar-refractivity contribution in [2.24, 2.45) is 0 Å². The Hall–Kier alpha value is -2.01. The highest BCUT2D eigenvalue weighted by Crippen LogP contribution is 2.28. The maximum absolute atomic E-state index is 12.2. The van der Waals surface area contributed by atoms with E-state index in [0.29, 0.717) is 26.9 Å². The number of ether oxygens (including phenoxy) is 1. The lowest BCUT2D eigenvalue weighted by Crippen LogP contribution is -2.08. The molecule has 1 N–H and O–H groups in total. The molecule has 0 saturated carbocycles. The molecule has 0 aliphatic carbocycles. The van der Waals surface area contributed by atoms with Gasteiger partial charge in [-0.05, 0) is 23.6 Å². The number of benzene rings is 1. The lowest BCUT2D eigenvalue weighted by atomic mass is 10.1. The molecule has 2 aromatic heterocycles. The summed E-state index contributed by atoms with van der Waals surface area (Å²) in [7, 11) is 1.51. The van der Waals surface area contributed by atoms with Crippen molar-refractivity contribution in [3.63, 3.8) is 0 Å². The van der Waals surface area contributed by atoms with Gasteiger partial charge in [-0.2, -0.15) is 4.73 Å². The molecule has 5 heteroatoms. The third-order valence-corrected chi connectivity index (χ3v) is 3.65. The number of rotatable bonds is 1. The molecule has 0 unspecified atom stereocenters. The van der Waals surface area contributed by atoms with Gasteiger partial charge >= 0.3 is 0 Å². The van der Waals surface area contributed by atoms with Crippen LogP contribution in [-0.2, 0) is 0 Å². The first-order chi connectivity index (χ1) is 8.24. The first kappa shape index (κ1) is 10.2. The van der Waals surface area contributed by atoms with Gasteiger partial charge in [0.25, 0.3) is 0 Å². The van der Waals surface area contributed by atoms with E-state index >= 15 is 0 Å². The third-order valence-electron chi connectivity index (χ3n) is 2.76. The van der Waals surface area contributed by atoms with Crippen LogP contribution < -0.4 is 10.2 Å². The second-order valence-corrected chi connectivity index (χ2v) is 4.53. The number of hydrogen-bond acceptors (Lipinski definition) is 4. The van der Waals surface area contributed by atoms with Crippen LogP contribution in [-0.4, -0.2) is 17.0 Å². The minimum Gasteiger partial charge on any atom is -0.494 e. The van der Waals surface area contributed by atoms with Crippen molar-refractivity contribution in [3.05, 3.63) is 39.9 Å². The highest BCUT2D eigenvalue weighted by Gasteiger charge is 2.14. The molecule has 0 aliphatic rings. The summed E-state index contributed by atoms with van der Waals surface area (Å²) >= 11 is 1.32. The number of aromatic nitrogens is 1. The lowest BCUT2D eigenvalue weighted by Gasteiger charge is -2.09. The number of fused-ring (bicyclic) bond motifs is 2. The predicted molar refractivity (Wildman–Crippen MR) is 67.3 cm³/mol. The molecule has 0 saturated heterocycles. The van der Waals surface area contributed by atoms with Crippen LogP contribution in [0.15, 0.2) is 34.4 Å². The molecule has 0 radical (unpaired) electrons. The van der Waals surface area contributed by atoms with E-state index in [9.17, 15) is 10.0 Å². The van der Waals surface area contributed by atoms with Gasteiger partial charge in [0.1, 0.15) is 16.1 Å². The highest BCUT2D eigenvalue weighted by molar-refractivity contribution is 7.16. The molecule has 86 valence electrons. The Morgan fingerprint density at radius 1 is 1.29 bits per heavy atom. The molecule has 0 aliphatic heterocycles. The van der Waals surface area contributed by atoms with E-state index in [-0.39, 0.29) is 5.43 Å². The molecular weight excluding hydrogens is 238 g/mol. The number of thiophene rings is 1. The summed E-state index contributed by atoms with van der Waals surface area (Å²) < 4.78 is 6.20. The van der Waals surface area contributed by atoms with Crippen LogP contribution in [0, 0.1) is 0 Å². The van der Waals surface area contributed by atoms with Crippen molar-refractivity contribution in [1.29, 1.82) is 0 Å². The van der Waals surface area contributed by atoms with E-state index in [0.717, 1.165) is 4.73 Å². The fraction of sp³-hybridized carbons (Fsp3) is 0.0833. The SMILES string of the molecule is COc1cccc2c(=O)c3ccsc3n(O)c12. The maximum atomic E-state index is 12.2. The Balaban J connectivity index is 2.68. The van der Waals surface area contributed by atoms with E-state index in [1.165, 1.54) is 18.4 Å². The summed E-state index contributed by atoms with van der Waals surface area (Å²) in [5.41, 5.74) is 0.329. The molecule has 4 nitrogen and oxygen atoms in total. The number of nitrogens with zero attached hydrogens (tertiary/aromatic N) is 1. The van der Waals surface area contributed by atoms with Crippen LogP contribution in [0.5, 0.6) is 5.75 Å². The fourth-order valence-corrected chi connectivity index (χ4v) is 2.79. The van der Waals surface area contributed by atoms with Crippen LogP contribution in [0.4, 0.5) is 0 Å². The summed E-state index contributed by atoms with van der Waals surface area (Å²) in [4.78, 5) is 12.7.